The molecule has 128 valence electrons. The summed E-state index contributed by atoms with van der Waals surface area (Å²) in [5, 5.41) is 7.80. The molecule has 0 saturated carbocycles. The van der Waals surface area contributed by atoms with E-state index in [1.165, 1.54) is 17.6 Å². The monoisotopic (exact) mass is 347 g/mol. The van der Waals surface area contributed by atoms with Gasteiger partial charge in [0.2, 0.25) is 5.91 Å². The van der Waals surface area contributed by atoms with Gasteiger partial charge in [0.1, 0.15) is 18.7 Å². The molecule has 6 nitrogen and oxygen atoms in total. The summed E-state index contributed by atoms with van der Waals surface area (Å²) < 4.78 is 1.56. The molecule has 2 heterocycles. The summed E-state index contributed by atoms with van der Waals surface area (Å²) in [6.45, 7) is 6.51. The Kier molecular flexibility index (Phi) is 5.04. The van der Waals surface area contributed by atoms with Crippen LogP contribution in [0.3, 0.4) is 0 Å². The number of anilines is 1. The summed E-state index contributed by atoms with van der Waals surface area (Å²) in [6, 6.07) is 5.64. The lowest BCUT2D eigenvalue weighted by atomic mass is 10.1. The molecule has 1 fully saturated rings. The highest BCUT2D eigenvalue weighted by Gasteiger charge is 2.25. The summed E-state index contributed by atoms with van der Waals surface area (Å²) in [5.41, 5.74) is 2.41. The van der Waals surface area contributed by atoms with E-state index in [0.29, 0.717) is 12.5 Å². The third kappa shape index (κ3) is 3.70. The number of carbonyl (C=O) groups is 1. The lowest BCUT2D eigenvalue weighted by Gasteiger charge is -2.21. The van der Waals surface area contributed by atoms with Crippen LogP contribution in [0.5, 0.6) is 0 Å². The molecule has 24 heavy (non-hydrogen) atoms. The number of amides is 1. The smallest absolute Gasteiger partial charge is 0.244 e. The van der Waals surface area contributed by atoms with E-state index in [9.17, 15) is 4.79 Å². The van der Waals surface area contributed by atoms with Gasteiger partial charge in [0, 0.05) is 30.3 Å². The molecule has 1 aliphatic heterocycles. The highest BCUT2D eigenvalue weighted by molar-refractivity contribution is 6.30. The quantitative estimate of drug-likeness (QED) is 0.902. The van der Waals surface area contributed by atoms with Crippen molar-refractivity contribution >= 4 is 23.2 Å². The van der Waals surface area contributed by atoms with Crippen molar-refractivity contribution in [3.05, 3.63) is 41.4 Å². The van der Waals surface area contributed by atoms with Gasteiger partial charge in [-0.2, -0.15) is 5.10 Å². The minimum atomic E-state index is -0.347. The molecule has 1 amide bonds. The summed E-state index contributed by atoms with van der Waals surface area (Å²) in [7, 11) is 0. The zero-order valence-electron chi connectivity index (χ0n) is 13.9. The summed E-state index contributed by atoms with van der Waals surface area (Å²) in [6.07, 6.45) is 4.05. The third-order valence-electron chi connectivity index (χ3n) is 4.58. The van der Waals surface area contributed by atoms with E-state index in [0.717, 1.165) is 24.5 Å². The molecule has 2 aromatic rings. The zero-order chi connectivity index (χ0) is 17.1. The van der Waals surface area contributed by atoms with Crippen molar-refractivity contribution in [3.63, 3.8) is 0 Å². The van der Waals surface area contributed by atoms with Gasteiger partial charge < -0.3 is 10.2 Å². The third-order valence-corrected chi connectivity index (χ3v) is 4.81. The second-order valence-electron chi connectivity index (χ2n) is 6.33. The summed E-state index contributed by atoms with van der Waals surface area (Å²) in [4.78, 5) is 18.4. The molecule has 1 aromatic carbocycles. The maximum Gasteiger partial charge on any atom is 0.244 e. The van der Waals surface area contributed by atoms with Gasteiger partial charge in [-0.15, -0.1) is 0 Å². The fourth-order valence-electron chi connectivity index (χ4n) is 3.07. The number of hydrogen-bond acceptors (Lipinski definition) is 4. The van der Waals surface area contributed by atoms with Gasteiger partial charge in [-0.1, -0.05) is 17.7 Å². The Balaban J connectivity index is 1.53. The Labute approximate surface area is 146 Å². The van der Waals surface area contributed by atoms with Crippen LogP contribution in [0.4, 0.5) is 5.69 Å². The molecule has 2 unspecified atom stereocenters. The summed E-state index contributed by atoms with van der Waals surface area (Å²) in [5.74, 6) is 0.410. The number of nitrogens with zero attached hydrogens (tertiary/aromatic N) is 4. The van der Waals surface area contributed by atoms with Crippen LogP contribution in [0.2, 0.25) is 5.02 Å². The number of aromatic nitrogens is 3. The number of halogens is 1. The second kappa shape index (κ2) is 7.21. The van der Waals surface area contributed by atoms with E-state index in [1.54, 1.807) is 11.0 Å². The van der Waals surface area contributed by atoms with Gasteiger partial charge in [0.25, 0.3) is 0 Å². The molecule has 0 spiro atoms. The molecular weight excluding hydrogens is 326 g/mol. The zero-order valence-corrected chi connectivity index (χ0v) is 14.7. The Morgan fingerprint density at radius 1 is 1.50 bits per heavy atom. The van der Waals surface area contributed by atoms with Crippen LogP contribution in [0.25, 0.3) is 0 Å². The van der Waals surface area contributed by atoms with E-state index in [-0.39, 0.29) is 11.9 Å². The average Bonchev–Trinajstić information content (AvgIpc) is 3.25. The van der Waals surface area contributed by atoms with Crippen LogP contribution in [-0.2, 0) is 4.79 Å². The van der Waals surface area contributed by atoms with Crippen molar-refractivity contribution in [2.24, 2.45) is 5.92 Å². The predicted octanol–water partition coefficient (Wildman–Crippen LogP) is 2.44. The van der Waals surface area contributed by atoms with E-state index < -0.39 is 0 Å². The Morgan fingerprint density at radius 2 is 2.33 bits per heavy atom. The lowest BCUT2D eigenvalue weighted by Crippen LogP contribution is -2.35. The first-order chi connectivity index (χ1) is 11.5. The van der Waals surface area contributed by atoms with Crippen molar-refractivity contribution in [1.29, 1.82) is 0 Å². The highest BCUT2D eigenvalue weighted by atomic mass is 35.5. The maximum absolute atomic E-state index is 12.2. The van der Waals surface area contributed by atoms with Crippen molar-refractivity contribution in [1.82, 2.24) is 20.1 Å². The lowest BCUT2D eigenvalue weighted by molar-refractivity contribution is -0.124. The van der Waals surface area contributed by atoms with Crippen LogP contribution in [-0.4, -0.2) is 40.3 Å². The van der Waals surface area contributed by atoms with Gasteiger partial charge in [-0.25, -0.2) is 9.67 Å². The van der Waals surface area contributed by atoms with E-state index in [4.69, 9.17) is 11.6 Å². The Bertz CT molecular complexity index is 703. The molecule has 2 atom stereocenters. The first kappa shape index (κ1) is 16.8. The highest BCUT2D eigenvalue weighted by Crippen LogP contribution is 2.29. The first-order valence-electron chi connectivity index (χ1n) is 8.17. The molecule has 1 saturated heterocycles. The SMILES string of the molecule is Cc1ccc(Cl)cc1N1CCC(CNC(=O)C(C)n2cncn2)C1. The molecule has 0 radical (unpaired) electrons. The topological polar surface area (TPSA) is 63.1 Å². The van der Waals surface area contributed by atoms with Gasteiger partial charge >= 0.3 is 0 Å². The molecule has 1 N–H and O–H groups in total. The van der Waals surface area contributed by atoms with Crippen molar-refractivity contribution in [2.75, 3.05) is 24.5 Å². The van der Waals surface area contributed by atoms with E-state index in [2.05, 4.69) is 27.2 Å². The molecule has 0 bridgehead atoms. The van der Waals surface area contributed by atoms with Crippen LogP contribution in [0.1, 0.15) is 24.9 Å². The Hall–Kier alpha value is -2.08. The minimum Gasteiger partial charge on any atom is -0.371 e. The van der Waals surface area contributed by atoms with E-state index >= 15 is 0 Å². The minimum absolute atomic E-state index is 0.0297. The van der Waals surface area contributed by atoms with Crippen molar-refractivity contribution in [2.45, 2.75) is 26.3 Å². The normalized spacial score (nSPS) is 18.6. The number of hydrogen-bond donors (Lipinski definition) is 1. The molecule has 7 heteroatoms. The maximum atomic E-state index is 12.2. The molecule has 1 aromatic heterocycles. The standard InChI is InChI=1S/C17H22ClN5O/c1-12-3-4-15(18)7-16(12)22-6-5-14(9-22)8-20-17(24)13(2)23-11-19-10-21-23/h3-4,7,10-11,13-14H,5-6,8-9H2,1-2H3,(H,20,24). The van der Waals surface area contributed by atoms with Crippen molar-refractivity contribution in [3.8, 4) is 0 Å². The first-order valence-corrected chi connectivity index (χ1v) is 8.55. The fourth-order valence-corrected chi connectivity index (χ4v) is 3.24. The van der Waals surface area contributed by atoms with Crippen LogP contribution in [0, 0.1) is 12.8 Å². The van der Waals surface area contributed by atoms with E-state index in [1.807, 2.05) is 25.1 Å². The second-order valence-corrected chi connectivity index (χ2v) is 6.76. The van der Waals surface area contributed by atoms with Crippen LogP contribution < -0.4 is 10.2 Å². The summed E-state index contributed by atoms with van der Waals surface area (Å²) >= 11 is 6.12. The molecule has 3 rings (SSSR count). The van der Waals surface area contributed by atoms with Gasteiger partial charge in [0.05, 0.1) is 0 Å². The van der Waals surface area contributed by atoms with Gasteiger partial charge in [-0.05, 0) is 43.9 Å². The van der Waals surface area contributed by atoms with Crippen molar-refractivity contribution < 1.29 is 4.79 Å². The Morgan fingerprint density at radius 3 is 3.08 bits per heavy atom. The number of benzene rings is 1. The largest absolute Gasteiger partial charge is 0.371 e. The van der Waals surface area contributed by atoms with Gasteiger partial charge in [0.15, 0.2) is 0 Å². The molecule has 1 aliphatic rings. The molecule has 0 aliphatic carbocycles. The van der Waals surface area contributed by atoms with Gasteiger partial charge in [-0.3, -0.25) is 4.79 Å². The number of aryl methyl sites for hydroxylation is 1. The number of rotatable bonds is 5. The average molecular weight is 348 g/mol. The number of nitrogens with one attached hydrogen (secondary N) is 1. The fraction of sp³-hybridized carbons (Fsp3) is 0.471. The van der Waals surface area contributed by atoms with Crippen LogP contribution in [0.15, 0.2) is 30.9 Å². The molecular formula is C17H22ClN5O. The number of carbonyl (C=O) groups excluding carboxylic acids is 1. The van der Waals surface area contributed by atoms with Crippen LogP contribution >= 0.6 is 11.6 Å². The predicted molar refractivity (Wildman–Crippen MR) is 94.3 cm³/mol.